The molecule has 0 aliphatic carbocycles. The predicted octanol–water partition coefficient (Wildman–Crippen LogP) is 4.03. The molecule has 3 N–H and O–H groups in total. The van der Waals surface area contributed by atoms with Crippen LogP contribution in [0, 0.1) is 6.92 Å². The second-order valence-corrected chi connectivity index (χ2v) is 6.18. The predicted molar refractivity (Wildman–Crippen MR) is 97.1 cm³/mol. The molecule has 3 nitrogen and oxygen atoms in total. The molecule has 1 heterocycles. The van der Waals surface area contributed by atoms with Gasteiger partial charge in [-0.1, -0.05) is 44.2 Å². The van der Waals surface area contributed by atoms with Crippen LogP contribution < -0.4 is 11.2 Å². The van der Waals surface area contributed by atoms with Gasteiger partial charge in [0.1, 0.15) is 0 Å². The summed E-state index contributed by atoms with van der Waals surface area (Å²) in [4.78, 5) is 1.06. The number of thiocarbonyl (C=S) groups is 1. The SMILES string of the molecule is Cc1ccccc1C(C)C.NC(=S)NN=Cc1cccs1. The Labute approximate surface area is 135 Å². The minimum absolute atomic E-state index is 0.179. The van der Waals surface area contributed by atoms with E-state index in [1.54, 1.807) is 17.6 Å². The molecule has 5 heteroatoms. The fraction of sp³-hybridized carbons (Fsp3) is 0.250. The summed E-state index contributed by atoms with van der Waals surface area (Å²) in [5, 5.41) is 5.94. The van der Waals surface area contributed by atoms with Crippen LogP contribution in [-0.2, 0) is 0 Å². The van der Waals surface area contributed by atoms with Crippen LogP contribution in [0.15, 0.2) is 46.9 Å². The molecule has 112 valence electrons. The van der Waals surface area contributed by atoms with Crippen LogP contribution in [0.5, 0.6) is 0 Å². The Bertz CT molecular complexity index is 575. The van der Waals surface area contributed by atoms with Gasteiger partial charge in [0.25, 0.3) is 0 Å². The van der Waals surface area contributed by atoms with Gasteiger partial charge in [0.05, 0.1) is 6.21 Å². The summed E-state index contributed by atoms with van der Waals surface area (Å²) < 4.78 is 0. The smallest absolute Gasteiger partial charge is 0.184 e. The molecule has 0 saturated heterocycles. The van der Waals surface area contributed by atoms with Gasteiger partial charge in [0, 0.05) is 4.88 Å². The van der Waals surface area contributed by atoms with Crippen LogP contribution in [0.25, 0.3) is 0 Å². The van der Waals surface area contributed by atoms with E-state index in [1.165, 1.54) is 11.1 Å². The minimum Gasteiger partial charge on any atom is -0.375 e. The van der Waals surface area contributed by atoms with Crippen LogP contribution in [0.4, 0.5) is 0 Å². The molecule has 1 aromatic heterocycles. The summed E-state index contributed by atoms with van der Waals surface area (Å²) in [6, 6.07) is 12.4. The van der Waals surface area contributed by atoms with Crippen molar-refractivity contribution >= 4 is 34.9 Å². The standard InChI is InChI=1S/C10H14.C6H7N3S2/c1-8(2)10-7-5-4-6-9(10)3;7-6(10)9-8-4-5-2-1-3-11-5/h4-8H,1-3H3;1-4H,(H3,7,9,10). The molecule has 0 amide bonds. The molecule has 0 saturated carbocycles. The zero-order valence-corrected chi connectivity index (χ0v) is 14.2. The highest BCUT2D eigenvalue weighted by atomic mass is 32.1. The highest BCUT2D eigenvalue weighted by molar-refractivity contribution is 7.80. The number of thiophene rings is 1. The molecule has 21 heavy (non-hydrogen) atoms. The third kappa shape index (κ3) is 7.02. The lowest BCUT2D eigenvalue weighted by Gasteiger charge is -2.07. The van der Waals surface area contributed by atoms with E-state index in [4.69, 9.17) is 5.73 Å². The average Bonchev–Trinajstić information content (AvgIpc) is 2.92. The van der Waals surface area contributed by atoms with Crippen LogP contribution in [0.3, 0.4) is 0 Å². The van der Waals surface area contributed by atoms with E-state index in [0.29, 0.717) is 5.92 Å². The molecule has 0 spiro atoms. The number of aryl methyl sites for hydroxylation is 1. The number of rotatable bonds is 3. The van der Waals surface area contributed by atoms with Gasteiger partial charge < -0.3 is 5.73 Å². The van der Waals surface area contributed by atoms with E-state index in [9.17, 15) is 0 Å². The summed E-state index contributed by atoms with van der Waals surface area (Å²) in [6.07, 6.45) is 1.67. The van der Waals surface area contributed by atoms with Crippen LogP contribution in [0.1, 0.15) is 35.8 Å². The number of nitrogens with zero attached hydrogens (tertiary/aromatic N) is 1. The van der Waals surface area contributed by atoms with Crippen molar-refractivity contribution in [2.75, 3.05) is 0 Å². The molecule has 0 aliphatic heterocycles. The zero-order chi connectivity index (χ0) is 15.7. The first-order chi connectivity index (χ1) is 10.0. The molecule has 2 rings (SSSR count). The van der Waals surface area contributed by atoms with Crippen LogP contribution >= 0.6 is 23.6 Å². The van der Waals surface area contributed by atoms with E-state index in [1.807, 2.05) is 17.5 Å². The fourth-order valence-electron chi connectivity index (χ4n) is 1.76. The first kappa shape index (κ1) is 17.3. The maximum atomic E-state index is 5.14. The van der Waals surface area contributed by atoms with Crippen molar-refractivity contribution in [3.8, 4) is 0 Å². The van der Waals surface area contributed by atoms with Crippen LogP contribution in [-0.4, -0.2) is 11.3 Å². The monoisotopic (exact) mass is 319 g/mol. The largest absolute Gasteiger partial charge is 0.375 e. The summed E-state index contributed by atoms with van der Waals surface area (Å²) in [6.45, 7) is 6.61. The Balaban J connectivity index is 0.000000211. The van der Waals surface area contributed by atoms with Crippen LogP contribution in [0.2, 0.25) is 0 Å². The second-order valence-electron chi connectivity index (χ2n) is 4.76. The fourth-order valence-corrected chi connectivity index (χ4v) is 2.40. The summed E-state index contributed by atoms with van der Waals surface area (Å²) in [5.41, 5.74) is 10.5. The Morgan fingerprint density at radius 3 is 2.48 bits per heavy atom. The van der Waals surface area contributed by atoms with Crippen molar-refractivity contribution in [1.29, 1.82) is 0 Å². The second kappa shape index (κ2) is 9.26. The third-order valence-electron chi connectivity index (χ3n) is 2.72. The van der Waals surface area contributed by atoms with Gasteiger partial charge in [-0.3, -0.25) is 5.43 Å². The number of hydrazone groups is 1. The maximum absolute atomic E-state index is 5.14. The van der Waals surface area contributed by atoms with Crippen molar-refractivity contribution in [3.63, 3.8) is 0 Å². The highest BCUT2D eigenvalue weighted by Crippen LogP contribution is 2.17. The lowest BCUT2D eigenvalue weighted by atomic mass is 9.99. The van der Waals surface area contributed by atoms with Crippen molar-refractivity contribution in [2.45, 2.75) is 26.7 Å². The zero-order valence-electron chi connectivity index (χ0n) is 12.5. The van der Waals surface area contributed by atoms with Gasteiger partial charge in [-0.2, -0.15) is 5.10 Å². The molecule has 0 unspecified atom stereocenters. The normalized spacial score (nSPS) is 10.3. The molecule has 0 fully saturated rings. The molecular weight excluding hydrogens is 298 g/mol. The molecule has 1 aromatic carbocycles. The van der Waals surface area contributed by atoms with Gasteiger partial charge in [-0.25, -0.2) is 0 Å². The molecule has 0 atom stereocenters. The lowest BCUT2D eigenvalue weighted by molar-refractivity contribution is 0.856. The highest BCUT2D eigenvalue weighted by Gasteiger charge is 1.99. The van der Waals surface area contributed by atoms with Crippen molar-refractivity contribution in [2.24, 2.45) is 10.8 Å². The van der Waals surface area contributed by atoms with Gasteiger partial charge in [0.2, 0.25) is 0 Å². The van der Waals surface area contributed by atoms with E-state index in [-0.39, 0.29) is 5.11 Å². The first-order valence-electron chi connectivity index (χ1n) is 6.68. The summed E-state index contributed by atoms with van der Waals surface area (Å²) >= 11 is 6.15. The Morgan fingerprint density at radius 2 is 2.00 bits per heavy atom. The molecule has 0 aliphatic rings. The Kier molecular flexibility index (Phi) is 7.64. The van der Waals surface area contributed by atoms with Gasteiger partial charge >= 0.3 is 0 Å². The number of hydrogen-bond donors (Lipinski definition) is 2. The van der Waals surface area contributed by atoms with Crippen molar-refractivity contribution in [3.05, 3.63) is 57.8 Å². The van der Waals surface area contributed by atoms with E-state index < -0.39 is 0 Å². The van der Waals surface area contributed by atoms with E-state index in [2.05, 4.69) is 67.8 Å². The molecule has 0 radical (unpaired) electrons. The van der Waals surface area contributed by atoms with Gasteiger partial charge in [0.15, 0.2) is 5.11 Å². The van der Waals surface area contributed by atoms with Crippen molar-refractivity contribution < 1.29 is 0 Å². The summed E-state index contributed by atoms with van der Waals surface area (Å²) in [7, 11) is 0. The Morgan fingerprint density at radius 1 is 1.29 bits per heavy atom. The first-order valence-corrected chi connectivity index (χ1v) is 7.97. The maximum Gasteiger partial charge on any atom is 0.184 e. The number of hydrogen-bond acceptors (Lipinski definition) is 3. The molecule has 0 bridgehead atoms. The average molecular weight is 319 g/mol. The van der Waals surface area contributed by atoms with Gasteiger partial charge in [-0.05, 0) is 47.6 Å². The van der Waals surface area contributed by atoms with E-state index in [0.717, 1.165) is 4.88 Å². The quantitative estimate of drug-likeness (QED) is 0.510. The number of nitrogens with two attached hydrogens (primary N) is 1. The van der Waals surface area contributed by atoms with Gasteiger partial charge in [-0.15, -0.1) is 11.3 Å². The number of nitrogens with one attached hydrogen (secondary N) is 1. The third-order valence-corrected chi connectivity index (χ3v) is 3.62. The molecule has 2 aromatic rings. The minimum atomic E-state index is 0.179. The van der Waals surface area contributed by atoms with Crippen molar-refractivity contribution in [1.82, 2.24) is 5.43 Å². The lowest BCUT2D eigenvalue weighted by Crippen LogP contribution is -2.23. The van der Waals surface area contributed by atoms with E-state index >= 15 is 0 Å². The number of benzene rings is 1. The molecular formula is C16H21N3S2. The topological polar surface area (TPSA) is 50.4 Å². The Hall–Kier alpha value is -1.72. The summed E-state index contributed by atoms with van der Waals surface area (Å²) in [5.74, 6) is 0.654.